The van der Waals surface area contributed by atoms with Crippen LogP contribution in [0.1, 0.15) is 62.9 Å². The molecule has 1 atom stereocenters. The Bertz CT molecular complexity index is 685. The van der Waals surface area contributed by atoms with E-state index >= 15 is 0 Å². The second-order valence-electron chi connectivity index (χ2n) is 8.28. The number of aryl methyl sites for hydroxylation is 2. The number of ether oxygens (including phenoxy) is 1. The summed E-state index contributed by atoms with van der Waals surface area (Å²) in [6.45, 7) is 13.6. The minimum Gasteiger partial charge on any atom is -0.479 e. The van der Waals surface area contributed by atoms with Crippen molar-refractivity contribution in [2.45, 2.75) is 65.5 Å². The largest absolute Gasteiger partial charge is 0.479 e. The number of aliphatic carboxylic acids is 1. The van der Waals surface area contributed by atoms with E-state index in [1.807, 2.05) is 39.8 Å². The van der Waals surface area contributed by atoms with Crippen LogP contribution in [0.5, 0.6) is 0 Å². The van der Waals surface area contributed by atoms with Gasteiger partial charge in [-0.3, -0.25) is 4.90 Å². The molecule has 0 bridgehead atoms. The van der Waals surface area contributed by atoms with Gasteiger partial charge in [-0.2, -0.15) is 0 Å². The van der Waals surface area contributed by atoms with Crippen molar-refractivity contribution in [3.63, 3.8) is 0 Å². The molecule has 0 aromatic heterocycles. The second kappa shape index (κ2) is 5.80. The van der Waals surface area contributed by atoms with Crippen LogP contribution >= 0.6 is 0 Å². The molecule has 1 heterocycles. The lowest BCUT2D eigenvalue weighted by Gasteiger charge is -2.44. The van der Waals surface area contributed by atoms with Crippen LogP contribution < -0.4 is 0 Å². The molecule has 0 saturated carbocycles. The highest BCUT2D eigenvalue weighted by Crippen LogP contribution is 2.42. The zero-order chi connectivity index (χ0) is 18.4. The maximum absolute atomic E-state index is 12.6. The summed E-state index contributed by atoms with van der Waals surface area (Å²) in [7, 11) is 0. The zero-order valence-corrected chi connectivity index (χ0v) is 15.6. The lowest BCUT2D eigenvalue weighted by molar-refractivity contribution is -0.144. The Morgan fingerprint density at radius 3 is 2.33 bits per heavy atom. The minimum atomic E-state index is -1.04. The number of benzene rings is 1. The highest BCUT2D eigenvalue weighted by atomic mass is 16.6. The average Bonchev–Trinajstić information content (AvgIpc) is 2.36. The van der Waals surface area contributed by atoms with Gasteiger partial charge in [0.15, 0.2) is 6.04 Å². The van der Waals surface area contributed by atoms with Gasteiger partial charge in [0.1, 0.15) is 5.60 Å². The molecule has 0 aliphatic carbocycles. The number of hydrogen-bond donors (Lipinski definition) is 1. The van der Waals surface area contributed by atoms with Crippen molar-refractivity contribution < 1.29 is 19.4 Å². The lowest BCUT2D eigenvalue weighted by atomic mass is 9.73. The number of amides is 1. The fourth-order valence-corrected chi connectivity index (χ4v) is 3.41. The molecule has 0 radical (unpaired) electrons. The maximum atomic E-state index is 12.6. The zero-order valence-electron chi connectivity index (χ0n) is 15.6. The number of nitrogens with zero attached hydrogens (tertiary/aromatic N) is 1. The molecule has 24 heavy (non-hydrogen) atoms. The van der Waals surface area contributed by atoms with E-state index in [1.165, 1.54) is 4.90 Å². The number of carboxylic acid groups (broad SMARTS) is 1. The SMILES string of the molecule is Cc1cc(C)c2c(c1)C(C)(C)CN(C(=O)OC(C)(C)C)C2C(=O)O. The molecule has 0 spiro atoms. The van der Waals surface area contributed by atoms with Crippen LogP contribution in [-0.2, 0) is 14.9 Å². The molecule has 1 aromatic carbocycles. The van der Waals surface area contributed by atoms with E-state index in [1.54, 1.807) is 20.8 Å². The minimum absolute atomic E-state index is 0.300. The standard InChI is InChI=1S/C19H27NO4/c1-11-8-12(2)14-13(9-11)19(6,7)10-20(15(14)16(21)22)17(23)24-18(3,4)5/h8-9,15H,10H2,1-7H3,(H,21,22). The molecule has 2 rings (SSSR count). The third-order valence-corrected chi connectivity index (χ3v) is 4.27. The van der Waals surface area contributed by atoms with Gasteiger partial charge in [-0.1, -0.05) is 31.5 Å². The molecule has 0 saturated heterocycles. The fraction of sp³-hybridized carbons (Fsp3) is 0.579. The van der Waals surface area contributed by atoms with E-state index in [9.17, 15) is 14.7 Å². The summed E-state index contributed by atoms with van der Waals surface area (Å²) in [6, 6.07) is 2.97. The van der Waals surface area contributed by atoms with E-state index < -0.39 is 23.7 Å². The first-order valence-electron chi connectivity index (χ1n) is 8.17. The van der Waals surface area contributed by atoms with Crippen molar-refractivity contribution in [1.82, 2.24) is 4.90 Å². The van der Waals surface area contributed by atoms with Crippen molar-refractivity contribution >= 4 is 12.1 Å². The first-order valence-corrected chi connectivity index (χ1v) is 8.17. The summed E-state index contributed by atoms with van der Waals surface area (Å²) in [5.74, 6) is -1.04. The van der Waals surface area contributed by atoms with Gasteiger partial charge in [0.25, 0.3) is 0 Å². The first-order chi connectivity index (χ1) is 10.8. The third-order valence-electron chi connectivity index (χ3n) is 4.27. The topological polar surface area (TPSA) is 66.8 Å². The summed E-state index contributed by atoms with van der Waals surface area (Å²) in [4.78, 5) is 26.0. The van der Waals surface area contributed by atoms with E-state index in [0.29, 0.717) is 12.1 Å². The van der Waals surface area contributed by atoms with Crippen LogP contribution in [0, 0.1) is 13.8 Å². The Kier molecular flexibility index (Phi) is 4.42. The molecule has 1 amide bonds. The molecule has 0 fully saturated rings. The van der Waals surface area contributed by atoms with E-state index in [4.69, 9.17) is 4.74 Å². The van der Waals surface area contributed by atoms with Crippen LogP contribution in [-0.4, -0.2) is 34.2 Å². The van der Waals surface area contributed by atoms with Crippen molar-refractivity contribution in [3.05, 3.63) is 34.4 Å². The van der Waals surface area contributed by atoms with E-state index in [0.717, 1.165) is 16.7 Å². The van der Waals surface area contributed by atoms with Crippen molar-refractivity contribution in [3.8, 4) is 0 Å². The Hall–Kier alpha value is -2.04. The van der Waals surface area contributed by atoms with Crippen LogP contribution in [0.25, 0.3) is 0 Å². The summed E-state index contributed by atoms with van der Waals surface area (Å²) >= 11 is 0. The monoisotopic (exact) mass is 333 g/mol. The highest BCUT2D eigenvalue weighted by molar-refractivity contribution is 5.83. The Labute approximate surface area is 143 Å². The molecule has 5 heteroatoms. The summed E-state index contributed by atoms with van der Waals surface area (Å²) in [6.07, 6.45) is -0.589. The number of rotatable bonds is 1. The van der Waals surface area contributed by atoms with Gasteiger partial charge in [0.05, 0.1) is 0 Å². The molecule has 132 valence electrons. The van der Waals surface area contributed by atoms with Crippen LogP contribution in [0.15, 0.2) is 12.1 Å². The molecule has 1 aliphatic rings. The number of carboxylic acids is 1. The first kappa shape index (κ1) is 18.3. The van der Waals surface area contributed by atoms with Crippen LogP contribution in [0.4, 0.5) is 4.79 Å². The summed E-state index contributed by atoms with van der Waals surface area (Å²) in [5.41, 5.74) is 2.65. The normalized spacial score (nSPS) is 19.6. The summed E-state index contributed by atoms with van der Waals surface area (Å²) < 4.78 is 5.45. The fourth-order valence-electron chi connectivity index (χ4n) is 3.41. The van der Waals surface area contributed by atoms with Crippen molar-refractivity contribution in [2.24, 2.45) is 0 Å². The number of carbonyl (C=O) groups excluding carboxylic acids is 1. The molecular formula is C19H27NO4. The number of fused-ring (bicyclic) bond motifs is 1. The Balaban J connectivity index is 2.60. The molecule has 1 N–H and O–H groups in total. The van der Waals surface area contributed by atoms with Crippen LogP contribution in [0.2, 0.25) is 0 Å². The Morgan fingerprint density at radius 2 is 1.83 bits per heavy atom. The van der Waals surface area contributed by atoms with Gasteiger partial charge in [-0.25, -0.2) is 9.59 Å². The third kappa shape index (κ3) is 3.40. The highest BCUT2D eigenvalue weighted by Gasteiger charge is 2.45. The molecule has 1 aromatic rings. The van der Waals surface area contributed by atoms with Gasteiger partial charge >= 0.3 is 12.1 Å². The average molecular weight is 333 g/mol. The van der Waals surface area contributed by atoms with E-state index in [2.05, 4.69) is 0 Å². The molecule has 1 aliphatic heterocycles. The quantitative estimate of drug-likeness (QED) is 0.845. The lowest BCUT2D eigenvalue weighted by Crippen LogP contribution is -2.51. The smallest absolute Gasteiger partial charge is 0.411 e. The predicted octanol–water partition coefficient (Wildman–Crippen LogP) is 3.96. The van der Waals surface area contributed by atoms with Crippen molar-refractivity contribution in [1.29, 1.82) is 0 Å². The summed E-state index contributed by atoms with van der Waals surface area (Å²) in [5, 5.41) is 9.82. The van der Waals surface area contributed by atoms with Gasteiger partial charge in [-0.15, -0.1) is 0 Å². The van der Waals surface area contributed by atoms with Gasteiger partial charge < -0.3 is 9.84 Å². The number of carbonyl (C=O) groups is 2. The maximum Gasteiger partial charge on any atom is 0.411 e. The van der Waals surface area contributed by atoms with Gasteiger partial charge in [0.2, 0.25) is 0 Å². The molecule has 5 nitrogen and oxygen atoms in total. The molecular weight excluding hydrogens is 306 g/mol. The van der Waals surface area contributed by atoms with Crippen LogP contribution in [0.3, 0.4) is 0 Å². The predicted molar refractivity (Wildman–Crippen MR) is 92.3 cm³/mol. The second-order valence-corrected chi connectivity index (χ2v) is 8.28. The number of hydrogen-bond acceptors (Lipinski definition) is 3. The van der Waals surface area contributed by atoms with Gasteiger partial charge in [-0.05, 0) is 51.3 Å². The molecule has 1 unspecified atom stereocenters. The van der Waals surface area contributed by atoms with Gasteiger partial charge in [0, 0.05) is 12.0 Å². The Morgan fingerprint density at radius 1 is 1.25 bits per heavy atom. The van der Waals surface area contributed by atoms with Crippen molar-refractivity contribution in [2.75, 3.05) is 6.54 Å². The van der Waals surface area contributed by atoms with E-state index in [-0.39, 0.29) is 5.41 Å².